The Morgan fingerprint density at radius 2 is 1.87 bits per heavy atom. The molecule has 0 unspecified atom stereocenters. The Labute approximate surface area is 181 Å². The number of cyclic esters (lactones) is 1. The van der Waals surface area contributed by atoms with Gasteiger partial charge in [0.05, 0.1) is 18.1 Å². The van der Waals surface area contributed by atoms with Gasteiger partial charge in [0, 0.05) is 12.5 Å². The minimum absolute atomic E-state index is 0.0725. The first-order valence-electron chi connectivity index (χ1n) is 10.7. The lowest BCUT2D eigenvalue weighted by molar-refractivity contribution is -0.137. The number of rotatable bonds is 8. The number of hydrogen-bond donors (Lipinski definition) is 1. The lowest BCUT2D eigenvalue weighted by atomic mass is 9.92. The number of aliphatic hydroxyl groups excluding tert-OH is 1. The maximum atomic E-state index is 13.1. The van der Waals surface area contributed by atoms with Gasteiger partial charge in [-0.25, -0.2) is 9.69 Å². The summed E-state index contributed by atoms with van der Waals surface area (Å²) in [5.41, 5.74) is 1.03. The zero-order valence-corrected chi connectivity index (χ0v) is 20.3. The maximum absolute atomic E-state index is 13.1. The lowest BCUT2D eigenvalue weighted by Crippen LogP contribution is -2.48. The molecule has 7 heteroatoms. The molecule has 1 N–H and O–H groups in total. The van der Waals surface area contributed by atoms with Crippen molar-refractivity contribution in [3.63, 3.8) is 0 Å². The zero-order valence-electron chi connectivity index (χ0n) is 19.3. The molecule has 2 rings (SSSR count). The third-order valence-corrected chi connectivity index (χ3v) is 11.0. The van der Waals surface area contributed by atoms with Crippen LogP contribution in [0.3, 0.4) is 0 Å². The highest BCUT2D eigenvalue weighted by molar-refractivity contribution is 6.74. The molecule has 168 valence electrons. The van der Waals surface area contributed by atoms with Crippen LogP contribution in [0.4, 0.5) is 4.79 Å². The van der Waals surface area contributed by atoms with Crippen LogP contribution in [0.5, 0.6) is 0 Å². The Hall–Kier alpha value is -1.70. The van der Waals surface area contributed by atoms with E-state index in [1.807, 2.05) is 37.3 Å². The fraction of sp³-hybridized carbons (Fsp3) is 0.652. The van der Waals surface area contributed by atoms with E-state index in [0.717, 1.165) is 5.56 Å². The zero-order chi connectivity index (χ0) is 22.7. The monoisotopic (exact) mass is 435 g/mol. The fourth-order valence-corrected chi connectivity index (χ4v) is 4.39. The second-order valence-electron chi connectivity index (χ2n) is 9.96. The summed E-state index contributed by atoms with van der Waals surface area (Å²) in [6.45, 7) is 14.9. The van der Waals surface area contributed by atoms with Crippen LogP contribution in [-0.4, -0.2) is 55.7 Å². The second kappa shape index (κ2) is 9.62. The number of carbonyl (C=O) groups excluding carboxylic acids is 2. The average molecular weight is 436 g/mol. The van der Waals surface area contributed by atoms with Gasteiger partial charge in [0.15, 0.2) is 8.32 Å². The van der Waals surface area contributed by atoms with E-state index in [9.17, 15) is 14.7 Å². The van der Waals surface area contributed by atoms with Gasteiger partial charge >= 0.3 is 6.09 Å². The van der Waals surface area contributed by atoms with Crippen molar-refractivity contribution in [1.29, 1.82) is 0 Å². The molecular formula is C23H37NO5Si. The number of ether oxygens (including phenoxy) is 1. The van der Waals surface area contributed by atoms with E-state index in [-0.39, 0.29) is 23.6 Å². The molecule has 1 heterocycles. The topological polar surface area (TPSA) is 76.1 Å². The lowest BCUT2D eigenvalue weighted by Gasteiger charge is -2.38. The number of hydrogen-bond acceptors (Lipinski definition) is 5. The quantitative estimate of drug-likeness (QED) is 0.618. The average Bonchev–Trinajstić information content (AvgIpc) is 3.04. The van der Waals surface area contributed by atoms with E-state index >= 15 is 0 Å². The third-order valence-electron chi connectivity index (χ3n) is 6.51. The van der Waals surface area contributed by atoms with Crippen molar-refractivity contribution >= 4 is 20.3 Å². The first-order chi connectivity index (χ1) is 13.8. The normalized spacial score (nSPS) is 20.6. The molecule has 1 aliphatic heterocycles. The van der Waals surface area contributed by atoms with Gasteiger partial charge in [-0.2, -0.15) is 0 Å². The first-order valence-corrected chi connectivity index (χ1v) is 13.6. The van der Waals surface area contributed by atoms with Crippen LogP contribution < -0.4 is 0 Å². The van der Waals surface area contributed by atoms with Crippen LogP contribution in [0.25, 0.3) is 0 Å². The van der Waals surface area contributed by atoms with Gasteiger partial charge in [-0.3, -0.25) is 4.79 Å². The summed E-state index contributed by atoms with van der Waals surface area (Å²) in [6, 6.07) is 9.34. The van der Waals surface area contributed by atoms with Crippen LogP contribution in [0.1, 0.15) is 40.2 Å². The largest absolute Gasteiger partial charge is 0.447 e. The van der Waals surface area contributed by atoms with Gasteiger partial charge in [-0.1, -0.05) is 65.0 Å². The molecule has 1 aromatic rings. The molecule has 2 amide bonds. The fourth-order valence-electron chi connectivity index (χ4n) is 3.28. The maximum Gasteiger partial charge on any atom is 0.416 e. The van der Waals surface area contributed by atoms with Gasteiger partial charge < -0.3 is 14.3 Å². The van der Waals surface area contributed by atoms with E-state index in [2.05, 4.69) is 33.9 Å². The predicted octanol–water partition coefficient (Wildman–Crippen LogP) is 4.23. The minimum Gasteiger partial charge on any atom is -0.447 e. The van der Waals surface area contributed by atoms with Crippen LogP contribution in [0.15, 0.2) is 30.3 Å². The standard InChI is InChI=1S/C23H37NO5Si/c1-16(14-29-30(6,7)23(3,4)5)20(25)17(2)21(26)24-19(15-28-22(24)27)13-18-11-9-8-10-12-18/h8-12,16-17,19-20,25H,13-15H2,1-7H3/t16-,17+,19+,20-/m1/s1. The van der Waals surface area contributed by atoms with E-state index < -0.39 is 32.3 Å². The van der Waals surface area contributed by atoms with Gasteiger partial charge in [0.25, 0.3) is 0 Å². The van der Waals surface area contributed by atoms with E-state index in [0.29, 0.717) is 13.0 Å². The predicted molar refractivity (Wildman–Crippen MR) is 120 cm³/mol. The van der Waals surface area contributed by atoms with Crippen LogP contribution in [0, 0.1) is 11.8 Å². The Bertz CT molecular complexity index is 731. The summed E-state index contributed by atoms with van der Waals surface area (Å²) in [5, 5.41) is 10.9. The van der Waals surface area contributed by atoms with Crippen LogP contribution in [-0.2, 0) is 20.4 Å². The van der Waals surface area contributed by atoms with Crippen molar-refractivity contribution in [2.45, 2.75) is 71.3 Å². The molecule has 0 bridgehead atoms. The molecular weight excluding hydrogens is 398 g/mol. The Morgan fingerprint density at radius 3 is 2.43 bits per heavy atom. The van der Waals surface area contributed by atoms with Crippen molar-refractivity contribution in [2.75, 3.05) is 13.2 Å². The summed E-state index contributed by atoms with van der Waals surface area (Å²) in [5.74, 6) is -1.36. The number of amides is 2. The van der Waals surface area contributed by atoms with Gasteiger partial charge in [-0.05, 0) is 30.1 Å². The first kappa shape index (κ1) is 24.6. The number of benzene rings is 1. The van der Waals surface area contributed by atoms with E-state index in [1.165, 1.54) is 4.90 Å². The Balaban J connectivity index is 2.02. The SMILES string of the molecule is C[C@H](CO[Si](C)(C)C(C)(C)C)[C@@H](O)[C@H](C)C(=O)N1C(=O)OC[C@@H]1Cc1ccccc1. The van der Waals surface area contributed by atoms with Crippen molar-refractivity contribution in [3.8, 4) is 0 Å². The second-order valence-corrected chi connectivity index (χ2v) is 14.8. The molecule has 6 nitrogen and oxygen atoms in total. The molecule has 0 radical (unpaired) electrons. The molecule has 0 spiro atoms. The molecule has 0 aromatic heterocycles. The molecule has 4 atom stereocenters. The molecule has 1 fully saturated rings. The molecule has 1 aromatic carbocycles. The number of aliphatic hydroxyl groups is 1. The third kappa shape index (κ3) is 5.71. The smallest absolute Gasteiger partial charge is 0.416 e. The highest BCUT2D eigenvalue weighted by Crippen LogP contribution is 2.37. The van der Waals surface area contributed by atoms with Gasteiger partial charge in [0.2, 0.25) is 5.91 Å². The van der Waals surface area contributed by atoms with E-state index in [1.54, 1.807) is 6.92 Å². The molecule has 1 aliphatic rings. The van der Waals surface area contributed by atoms with Crippen molar-refractivity contribution in [1.82, 2.24) is 4.90 Å². The highest BCUT2D eigenvalue weighted by atomic mass is 28.4. The van der Waals surface area contributed by atoms with Crippen LogP contribution in [0.2, 0.25) is 18.1 Å². The number of imide groups is 1. The molecule has 0 aliphatic carbocycles. The highest BCUT2D eigenvalue weighted by Gasteiger charge is 2.43. The molecule has 1 saturated heterocycles. The van der Waals surface area contributed by atoms with Gasteiger partial charge in [0.1, 0.15) is 6.61 Å². The summed E-state index contributed by atoms with van der Waals surface area (Å²) < 4.78 is 11.4. The number of carbonyl (C=O) groups is 2. The minimum atomic E-state index is -1.95. The number of nitrogens with zero attached hydrogens (tertiary/aromatic N) is 1. The van der Waals surface area contributed by atoms with Crippen molar-refractivity contribution in [2.24, 2.45) is 11.8 Å². The molecule has 0 saturated carbocycles. The summed E-state index contributed by atoms with van der Waals surface area (Å²) in [7, 11) is -1.95. The summed E-state index contributed by atoms with van der Waals surface area (Å²) in [4.78, 5) is 26.5. The van der Waals surface area contributed by atoms with Crippen molar-refractivity contribution in [3.05, 3.63) is 35.9 Å². The van der Waals surface area contributed by atoms with Gasteiger partial charge in [-0.15, -0.1) is 0 Å². The van der Waals surface area contributed by atoms with Crippen LogP contribution >= 0.6 is 0 Å². The Kier molecular flexibility index (Phi) is 7.88. The summed E-state index contributed by atoms with van der Waals surface area (Å²) >= 11 is 0. The molecule has 30 heavy (non-hydrogen) atoms. The summed E-state index contributed by atoms with van der Waals surface area (Å²) in [6.07, 6.45) is -1.01. The van der Waals surface area contributed by atoms with Crippen molar-refractivity contribution < 1.29 is 23.9 Å². The van der Waals surface area contributed by atoms with E-state index in [4.69, 9.17) is 9.16 Å². The Morgan fingerprint density at radius 1 is 1.27 bits per heavy atom.